The van der Waals surface area contributed by atoms with E-state index in [1.54, 1.807) is 43.5 Å². The van der Waals surface area contributed by atoms with E-state index in [1.807, 2.05) is 0 Å². The number of pyridine rings is 1. The Kier molecular flexibility index (Phi) is 6.70. The lowest BCUT2D eigenvalue weighted by molar-refractivity contribution is -0.386. The Labute approximate surface area is 198 Å². The summed E-state index contributed by atoms with van der Waals surface area (Å²) >= 11 is 6.20. The highest BCUT2D eigenvalue weighted by atomic mass is 35.5. The van der Waals surface area contributed by atoms with Gasteiger partial charge in [0.25, 0.3) is 5.91 Å². The molecule has 2 aromatic carbocycles. The highest BCUT2D eigenvalue weighted by molar-refractivity contribution is 6.33. The number of aromatic nitrogens is 1. The topological polar surface area (TPSA) is 95.0 Å². The number of H-pyrrole nitrogens is 1. The van der Waals surface area contributed by atoms with Crippen molar-refractivity contribution in [2.24, 2.45) is 4.99 Å². The molecule has 0 saturated heterocycles. The van der Waals surface area contributed by atoms with Crippen molar-refractivity contribution < 1.29 is 28.1 Å². The molecule has 0 unspecified atom stereocenters. The zero-order valence-electron chi connectivity index (χ0n) is 18.3. The van der Waals surface area contributed by atoms with Gasteiger partial charge in [-0.2, -0.15) is 0 Å². The minimum Gasteiger partial charge on any atom is -0.461 e. The van der Waals surface area contributed by atoms with Crippen LogP contribution in [0.2, 0.25) is 5.02 Å². The predicted octanol–water partition coefficient (Wildman–Crippen LogP) is 4.90. The minimum absolute atomic E-state index is 0.0157. The Morgan fingerprint density at radius 3 is 2.62 bits per heavy atom. The number of carbonyl (C=O) groups is 2. The molecule has 0 saturated carbocycles. The molecule has 0 aliphatic carbocycles. The normalized spacial score (nSPS) is 11.5. The van der Waals surface area contributed by atoms with Gasteiger partial charge in [-0.25, -0.2) is 14.4 Å². The van der Waals surface area contributed by atoms with Gasteiger partial charge < -0.3 is 14.5 Å². The number of benzene rings is 2. The number of amides is 1. The lowest BCUT2D eigenvalue weighted by Crippen LogP contribution is -2.23. The number of aryl methyl sites for hydroxylation is 1. The van der Waals surface area contributed by atoms with E-state index >= 15 is 0 Å². The number of para-hydroxylation sites is 1. The van der Waals surface area contributed by atoms with Gasteiger partial charge in [0.05, 0.1) is 22.0 Å². The number of fused-ring (bicyclic) bond motifs is 1. The predicted molar refractivity (Wildman–Crippen MR) is 124 cm³/mol. The van der Waals surface area contributed by atoms with E-state index in [-0.39, 0.29) is 17.7 Å². The summed E-state index contributed by atoms with van der Waals surface area (Å²) in [5, 5.41) is 3.70. The molecular weight excluding hydrogens is 461 g/mol. The third-order valence-electron chi connectivity index (χ3n) is 4.97. The van der Waals surface area contributed by atoms with Crippen molar-refractivity contribution in [2.45, 2.75) is 20.5 Å². The number of hydrogen-bond acceptors (Lipinski definition) is 5. The van der Waals surface area contributed by atoms with Gasteiger partial charge in [0.15, 0.2) is 6.20 Å². The molecule has 1 amide bonds. The molecule has 2 N–H and O–H groups in total. The number of halogens is 2. The second-order valence-electron chi connectivity index (χ2n) is 7.45. The second kappa shape index (κ2) is 9.84. The number of esters is 1. The van der Waals surface area contributed by atoms with Crippen molar-refractivity contribution >= 4 is 45.8 Å². The number of nitrogens with zero attached hydrogens (tertiary/aromatic N) is 1. The molecule has 4 rings (SSSR count). The van der Waals surface area contributed by atoms with E-state index in [4.69, 9.17) is 20.8 Å². The minimum atomic E-state index is -0.511. The van der Waals surface area contributed by atoms with Crippen LogP contribution < -0.4 is 15.9 Å². The van der Waals surface area contributed by atoms with Crippen LogP contribution in [0.1, 0.15) is 28.5 Å². The maximum Gasteiger partial charge on any atom is 0.302 e. The smallest absolute Gasteiger partial charge is 0.302 e. The molecule has 7 nitrogen and oxygen atoms in total. The van der Waals surface area contributed by atoms with Gasteiger partial charge in [-0.15, -0.1) is 0 Å². The number of hydrogen-bond donors (Lipinski definition) is 1. The van der Waals surface area contributed by atoms with E-state index in [1.165, 1.54) is 31.2 Å². The molecule has 172 valence electrons. The van der Waals surface area contributed by atoms with Gasteiger partial charge in [0.1, 0.15) is 18.0 Å². The monoisotopic (exact) mass is 480 g/mol. The van der Waals surface area contributed by atoms with Crippen LogP contribution in [0, 0.1) is 12.7 Å². The first-order valence-corrected chi connectivity index (χ1v) is 10.7. The van der Waals surface area contributed by atoms with Crippen LogP contribution in [-0.4, -0.2) is 11.9 Å². The first kappa shape index (κ1) is 23.1. The fourth-order valence-corrected chi connectivity index (χ4v) is 3.45. The summed E-state index contributed by atoms with van der Waals surface area (Å²) in [7, 11) is 0. The Balaban J connectivity index is 1.91. The molecule has 0 atom stereocenters. The summed E-state index contributed by atoms with van der Waals surface area (Å²) in [6, 6.07) is 13.9. The summed E-state index contributed by atoms with van der Waals surface area (Å²) in [6.45, 7) is 3.09. The fraction of sp³-hybridized carbons (Fsp3) is 0.120. The summed E-state index contributed by atoms with van der Waals surface area (Å²) in [5.41, 5.74) is 2.67. The molecule has 0 spiro atoms. The number of nitrogens with one attached hydrogen (secondary N) is 2. The van der Waals surface area contributed by atoms with Gasteiger partial charge in [0.2, 0.25) is 16.8 Å². The van der Waals surface area contributed by atoms with Crippen molar-refractivity contribution in [3.8, 4) is 0 Å². The lowest BCUT2D eigenvalue weighted by Gasteiger charge is -2.10. The average Bonchev–Trinajstić information content (AvgIpc) is 2.81. The van der Waals surface area contributed by atoms with Crippen molar-refractivity contribution in [1.82, 2.24) is 0 Å². The van der Waals surface area contributed by atoms with Gasteiger partial charge >= 0.3 is 5.97 Å². The fourth-order valence-electron chi connectivity index (χ4n) is 3.26. The lowest BCUT2D eigenvalue weighted by atomic mass is 10.1. The number of rotatable bonds is 5. The van der Waals surface area contributed by atoms with Crippen molar-refractivity contribution in [3.63, 3.8) is 0 Å². The van der Waals surface area contributed by atoms with Crippen molar-refractivity contribution in [2.75, 3.05) is 5.32 Å². The van der Waals surface area contributed by atoms with E-state index in [2.05, 4.69) is 15.3 Å². The molecule has 9 heteroatoms. The van der Waals surface area contributed by atoms with Crippen LogP contribution in [-0.2, 0) is 16.1 Å². The van der Waals surface area contributed by atoms with Gasteiger partial charge in [-0.1, -0.05) is 23.7 Å². The Morgan fingerprint density at radius 2 is 1.91 bits per heavy atom. The van der Waals surface area contributed by atoms with E-state index < -0.39 is 17.7 Å². The molecular formula is C25H20ClFN3O4+. The SMILES string of the molecule is CC(=O)OCc1c[nH+]c(C)c2oc(=Nc3ccc(F)cc3)c(C(=O)Nc3ccccc3Cl)cc12. The van der Waals surface area contributed by atoms with Crippen LogP contribution in [0.15, 0.2) is 70.2 Å². The Hall–Kier alpha value is -4.04. The molecule has 0 bridgehead atoms. The Morgan fingerprint density at radius 1 is 1.18 bits per heavy atom. The maximum atomic E-state index is 13.4. The Bertz CT molecular complexity index is 1470. The molecule has 0 aliphatic heterocycles. The third kappa shape index (κ3) is 5.13. The number of carbonyl (C=O) groups excluding carboxylic acids is 2. The quantitative estimate of drug-likeness (QED) is 0.411. The van der Waals surface area contributed by atoms with Crippen molar-refractivity contribution in [1.29, 1.82) is 0 Å². The van der Waals surface area contributed by atoms with Crippen LogP contribution in [0.3, 0.4) is 0 Å². The second-order valence-corrected chi connectivity index (χ2v) is 7.86. The maximum absolute atomic E-state index is 13.4. The zero-order valence-corrected chi connectivity index (χ0v) is 19.1. The molecule has 4 aromatic rings. The van der Waals surface area contributed by atoms with E-state index in [0.717, 1.165) is 0 Å². The van der Waals surface area contributed by atoms with Gasteiger partial charge in [-0.3, -0.25) is 9.59 Å². The standard InChI is InChI=1S/C25H19ClFN3O4/c1-14-23-19(16(12-28-14)13-33-15(2)31)11-20(24(32)30-22-6-4-3-5-21(22)26)25(34-23)29-18-9-7-17(27)8-10-18/h3-12H,13H2,1-2H3,(H,30,32)/p+1. The molecule has 34 heavy (non-hydrogen) atoms. The van der Waals surface area contributed by atoms with Gasteiger partial charge in [-0.05, 0) is 42.5 Å². The summed E-state index contributed by atoms with van der Waals surface area (Å²) < 4.78 is 24.6. The van der Waals surface area contributed by atoms with E-state index in [9.17, 15) is 14.0 Å². The molecule has 2 aromatic heterocycles. The van der Waals surface area contributed by atoms with Crippen molar-refractivity contribution in [3.05, 3.63) is 94.0 Å². The van der Waals surface area contributed by atoms with Crippen LogP contribution in [0.5, 0.6) is 0 Å². The summed E-state index contributed by atoms with van der Waals surface area (Å²) in [4.78, 5) is 32.1. The van der Waals surface area contributed by atoms with Crippen LogP contribution >= 0.6 is 11.6 Å². The van der Waals surface area contributed by atoms with E-state index in [0.29, 0.717) is 38.6 Å². The van der Waals surface area contributed by atoms with Gasteiger partial charge in [0, 0.05) is 19.2 Å². The first-order valence-electron chi connectivity index (χ1n) is 10.3. The first-order chi connectivity index (χ1) is 16.3. The summed E-state index contributed by atoms with van der Waals surface area (Å²) in [5.74, 6) is -1.36. The number of anilines is 1. The summed E-state index contributed by atoms with van der Waals surface area (Å²) in [6.07, 6.45) is 1.68. The largest absolute Gasteiger partial charge is 0.461 e. The molecule has 0 radical (unpaired) electrons. The molecule has 0 aliphatic rings. The average molecular weight is 481 g/mol. The molecule has 0 fully saturated rings. The zero-order chi connectivity index (χ0) is 24.2. The highest BCUT2D eigenvalue weighted by Crippen LogP contribution is 2.24. The highest BCUT2D eigenvalue weighted by Gasteiger charge is 2.20. The van der Waals surface area contributed by atoms with Crippen LogP contribution in [0.25, 0.3) is 11.0 Å². The molecule has 2 heterocycles. The van der Waals surface area contributed by atoms with Crippen LogP contribution in [0.4, 0.5) is 15.8 Å². The third-order valence-corrected chi connectivity index (χ3v) is 5.30. The number of ether oxygens (including phenoxy) is 1. The number of aromatic amines is 1.